The van der Waals surface area contributed by atoms with E-state index in [1.54, 1.807) is 12.1 Å². The first-order valence-corrected chi connectivity index (χ1v) is 6.71. The lowest BCUT2D eigenvalue weighted by Crippen LogP contribution is -2.57. The summed E-state index contributed by atoms with van der Waals surface area (Å²) in [5.41, 5.74) is 0.164. The Bertz CT molecular complexity index is 563. The zero-order valence-electron chi connectivity index (χ0n) is 10.4. The predicted octanol–water partition coefficient (Wildman–Crippen LogP) is 0.259. The number of amides is 2. The second-order valence-corrected chi connectivity index (χ2v) is 5.09. The normalized spacial score (nSPS) is 18.6. The van der Waals surface area contributed by atoms with Crippen LogP contribution in [-0.2, 0) is 9.59 Å². The van der Waals surface area contributed by atoms with E-state index in [0.29, 0.717) is 11.0 Å². The molecule has 8 heteroatoms. The van der Waals surface area contributed by atoms with Gasteiger partial charge < -0.3 is 15.3 Å². The highest BCUT2D eigenvalue weighted by Gasteiger charge is 2.36. The molecule has 1 aliphatic heterocycles. The Balaban J connectivity index is 2.28. The maximum Gasteiger partial charge on any atom is 0.305 e. The van der Waals surface area contributed by atoms with Crippen LogP contribution in [0.15, 0.2) is 22.8 Å². The average Bonchev–Trinajstić information content (AvgIpc) is 2.40. The van der Waals surface area contributed by atoms with Crippen LogP contribution < -0.4 is 5.32 Å². The SMILES string of the molecule is O=C(O)CC1C(=O)NCCN1C(=O)c1ncccc1Br. The molecule has 1 saturated heterocycles. The van der Waals surface area contributed by atoms with Gasteiger partial charge >= 0.3 is 5.97 Å². The van der Waals surface area contributed by atoms with E-state index in [-0.39, 0.29) is 12.2 Å². The van der Waals surface area contributed by atoms with E-state index >= 15 is 0 Å². The molecular weight excluding hydrogens is 330 g/mol. The van der Waals surface area contributed by atoms with Crippen molar-refractivity contribution in [2.24, 2.45) is 0 Å². The quantitative estimate of drug-likeness (QED) is 0.821. The Labute approximate surface area is 123 Å². The highest BCUT2D eigenvalue weighted by molar-refractivity contribution is 9.10. The minimum absolute atomic E-state index is 0.164. The topological polar surface area (TPSA) is 99.6 Å². The molecule has 1 aliphatic rings. The van der Waals surface area contributed by atoms with Gasteiger partial charge in [-0.2, -0.15) is 0 Å². The number of aromatic nitrogens is 1. The van der Waals surface area contributed by atoms with Gasteiger partial charge in [-0.1, -0.05) is 0 Å². The monoisotopic (exact) mass is 341 g/mol. The molecule has 1 aromatic rings. The number of nitrogens with one attached hydrogen (secondary N) is 1. The van der Waals surface area contributed by atoms with Crippen LogP contribution in [0.4, 0.5) is 0 Å². The maximum absolute atomic E-state index is 12.4. The van der Waals surface area contributed by atoms with Crippen LogP contribution in [-0.4, -0.2) is 51.9 Å². The van der Waals surface area contributed by atoms with Crippen LogP contribution >= 0.6 is 15.9 Å². The van der Waals surface area contributed by atoms with Gasteiger partial charge in [0.05, 0.1) is 6.42 Å². The standard InChI is InChI=1S/C12H12BrN3O4/c13-7-2-1-3-14-10(7)12(20)16-5-4-15-11(19)8(16)6-9(17)18/h1-3,8H,4-6H2,(H,15,19)(H,17,18). The highest BCUT2D eigenvalue weighted by Crippen LogP contribution is 2.19. The van der Waals surface area contributed by atoms with E-state index in [0.717, 1.165) is 0 Å². The van der Waals surface area contributed by atoms with Crippen molar-refractivity contribution in [2.45, 2.75) is 12.5 Å². The van der Waals surface area contributed by atoms with Gasteiger partial charge in [-0.3, -0.25) is 14.4 Å². The van der Waals surface area contributed by atoms with Crippen molar-refractivity contribution in [3.63, 3.8) is 0 Å². The Morgan fingerprint density at radius 3 is 2.95 bits per heavy atom. The first-order chi connectivity index (χ1) is 9.50. The van der Waals surface area contributed by atoms with Gasteiger partial charge in [0.25, 0.3) is 5.91 Å². The number of carboxylic acid groups (broad SMARTS) is 1. The Morgan fingerprint density at radius 1 is 1.55 bits per heavy atom. The van der Waals surface area contributed by atoms with Gasteiger partial charge in [-0.15, -0.1) is 0 Å². The first-order valence-electron chi connectivity index (χ1n) is 5.91. The van der Waals surface area contributed by atoms with Crippen LogP contribution in [0, 0.1) is 0 Å². The van der Waals surface area contributed by atoms with E-state index in [1.807, 2.05) is 0 Å². The Kier molecular flexibility index (Phi) is 4.33. The smallest absolute Gasteiger partial charge is 0.305 e. The summed E-state index contributed by atoms with van der Waals surface area (Å²) >= 11 is 3.22. The van der Waals surface area contributed by atoms with Gasteiger partial charge in [0.1, 0.15) is 11.7 Å². The summed E-state index contributed by atoms with van der Waals surface area (Å²) in [6.45, 7) is 0.552. The minimum atomic E-state index is -1.13. The zero-order chi connectivity index (χ0) is 14.7. The molecule has 0 bridgehead atoms. The van der Waals surface area contributed by atoms with Crippen molar-refractivity contribution in [1.29, 1.82) is 0 Å². The van der Waals surface area contributed by atoms with Gasteiger partial charge in [-0.25, -0.2) is 4.98 Å². The lowest BCUT2D eigenvalue weighted by molar-refractivity contribution is -0.142. The first kappa shape index (κ1) is 14.4. The molecular formula is C12H12BrN3O4. The summed E-state index contributed by atoms with van der Waals surface area (Å²) < 4.78 is 0.505. The number of piperazine rings is 1. The number of carboxylic acids is 1. The second kappa shape index (κ2) is 6.00. The zero-order valence-corrected chi connectivity index (χ0v) is 12.0. The van der Waals surface area contributed by atoms with E-state index < -0.39 is 30.2 Å². The predicted molar refractivity (Wildman–Crippen MR) is 72.0 cm³/mol. The average molecular weight is 342 g/mol. The molecule has 1 unspecified atom stereocenters. The fourth-order valence-corrected chi connectivity index (χ4v) is 2.43. The van der Waals surface area contributed by atoms with Crippen molar-refractivity contribution >= 4 is 33.7 Å². The molecule has 0 aromatic carbocycles. The summed E-state index contributed by atoms with van der Waals surface area (Å²) in [5.74, 6) is -2.05. The minimum Gasteiger partial charge on any atom is -0.481 e. The molecule has 1 fully saturated rings. The third-order valence-corrected chi connectivity index (χ3v) is 3.56. The summed E-state index contributed by atoms with van der Waals surface area (Å²) in [4.78, 5) is 40.2. The molecule has 0 aliphatic carbocycles. The number of carbonyl (C=O) groups excluding carboxylic acids is 2. The molecule has 0 spiro atoms. The number of hydrogen-bond donors (Lipinski definition) is 2. The van der Waals surface area contributed by atoms with Crippen LogP contribution in [0.2, 0.25) is 0 Å². The molecule has 0 radical (unpaired) electrons. The molecule has 1 aromatic heterocycles. The molecule has 2 heterocycles. The molecule has 2 rings (SSSR count). The van der Waals surface area contributed by atoms with Gasteiger partial charge in [0, 0.05) is 23.8 Å². The Hall–Kier alpha value is -1.96. The summed E-state index contributed by atoms with van der Waals surface area (Å²) in [7, 11) is 0. The maximum atomic E-state index is 12.4. The van der Waals surface area contributed by atoms with Gasteiger partial charge in [-0.05, 0) is 28.1 Å². The molecule has 2 N–H and O–H groups in total. The second-order valence-electron chi connectivity index (χ2n) is 4.24. The number of carbonyl (C=O) groups is 3. The third kappa shape index (κ3) is 2.96. The number of halogens is 1. The van der Waals surface area contributed by atoms with Crippen molar-refractivity contribution in [2.75, 3.05) is 13.1 Å². The van der Waals surface area contributed by atoms with Crippen LogP contribution in [0.1, 0.15) is 16.9 Å². The van der Waals surface area contributed by atoms with Crippen molar-refractivity contribution < 1.29 is 19.5 Å². The van der Waals surface area contributed by atoms with E-state index in [2.05, 4.69) is 26.2 Å². The van der Waals surface area contributed by atoms with E-state index in [4.69, 9.17) is 5.11 Å². The van der Waals surface area contributed by atoms with Crippen molar-refractivity contribution in [1.82, 2.24) is 15.2 Å². The Morgan fingerprint density at radius 2 is 2.30 bits per heavy atom. The number of hydrogen-bond acceptors (Lipinski definition) is 4. The van der Waals surface area contributed by atoms with E-state index in [9.17, 15) is 14.4 Å². The van der Waals surface area contributed by atoms with Crippen LogP contribution in [0.25, 0.3) is 0 Å². The van der Waals surface area contributed by atoms with Crippen LogP contribution in [0.3, 0.4) is 0 Å². The van der Waals surface area contributed by atoms with Crippen LogP contribution in [0.5, 0.6) is 0 Å². The molecule has 2 amide bonds. The number of aliphatic carboxylic acids is 1. The molecule has 20 heavy (non-hydrogen) atoms. The van der Waals surface area contributed by atoms with E-state index in [1.165, 1.54) is 11.1 Å². The van der Waals surface area contributed by atoms with Gasteiger partial charge in [0.2, 0.25) is 5.91 Å². The molecule has 106 valence electrons. The third-order valence-electron chi connectivity index (χ3n) is 2.92. The lowest BCUT2D eigenvalue weighted by atomic mass is 10.1. The summed E-state index contributed by atoms with van der Waals surface area (Å²) in [6, 6.07) is 2.32. The highest BCUT2D eigenvalue weighted by atomic mass is 79.9. The van der Waals surface area contributed by atoms with Crippen molar-refractivity contribution in [3.05, 3.63) is 28.5 Å². The largest absolute Gasteiger partial charge is 0.481 e. The summed E-state index contributed by atoms with van der Waals surface area (Å²) in [6.07, 6.45) is 1.04. The number of pyridine rings is 1. The molecule has 0 saturated carbocycles. The fourth-order valence-electron chi connectivity index (χ4n) is 2.01. The lowest BCUT2D eigenvalue weighted by Gasteiger charge is -2.34. The molecule has 1 atom stereocenters. The number of rotatable bonds is 3. The number of nitrogens with zero attached hydrogens (tertiary/aromatic N) is 2. The van der Waals surface area contributed by atoms with Crippen molar-refractivity contribution in [3.8, 4) is 0 Å². The fraction of sp³-hybridized carbons (Fsp3) is 0.333. The van der Waals surface area contributed by atoms with Gasteiger partial charge in [0.15, 0.2) is 0 Å². The molecule has 7 nitrogen and oxygen atoms in total. The summed E-state index contributed by atoms with van der Waals surface area (Å²) in [5, 5.41) is 11.4.